The smallest absolute Gasteiger partial charge is 0.260 e. The number of rotatable bonds is 3. The van der Waals surface area contributed by atoms with Gasteiger partial charge in [0.1, 0.15) is 0 Å². The van der Waals surface area contributed by atoms with Gasteiger partial charge in [0.2, 0.25) is 0 Å². The molecule has 0 spiro atoms. The molecule has 0 bridgehead atoms. The molecule has 1 fully saturated rings. The Morgan fingerprint density at radius 2 is 1.95 bits per heavy atom. The number of nitrogens with two attached hydrogens (primary N) is 1. The second kappa shape index (κ2) is 6.66. The molecule has 1 aromatic rings. The highest BCUT2D eigenvalue weighted by Gasteiger charge is 2.17. The van der Waals surface area contributed by atoms with Gasteiger partial charge in [0.05, 0.1) is 10.7 Å². The summed E-state index contributed by atoms with van der Waals surface area (Å²) in [4.78, 5) is 13.9. The zero-order chi connectivity index (χ0) is 13.7. The fraction of sp³-hybridized carbons (Fsp3) is 0.500. The van der Waals surface area contributed by atoms with Gasteiger partial charge in [-0.2, -0.15) is 0 Å². The van der Waals surface area contributed by atoms with Crippen molar-refractivity contribution in [1.82, 2.24) is 4.90 Å². The van der Waals surface area contributed by atoms with E-state index < -0.39 is 0 Å². The molecular weight excluding hydrogens is 264 g/mol. The van der Waals surface area contributed by atoms with Crippen LogP contribution in [0.1, 0.15) is 25.7 Å². The molecule has 0 saturated carbocycles. The van der Waals surface area contributed by atoms with E-state index in [2.05, 4.69) is 0 Å². The minimum atomic E-state index is -0.00602. The van der Waals surface area contributed by atoms with Crippen molar-refractivity contribution in [3.8, 4) is 5.75 Å². The molecule has 0 aromatic heterocycles. The lowest BCUT2D eigenvalue weighted by Gasteiger charge is -2.20. The van der Waals surface area contributed by atoms with E-state index in [1.165, 1.54) is 12.8 Å². The Morgan fingerprint density at radius 1 is 1.26 bits per heavy atom. The fourth-order valence-electron chi connectivity index (χ4n) is 2.22. The molecule has 2 rings (SSSR count). The Bertz CT molecular complexity index is 423. The third kappa shape index (κ3) is 3.77. The molecule has 1 aliphatic rings. The molecular formula is C14H19ClN2O2. The number of likely N-dealkylation sites (tertiary alicyclic amines) is 1. The first-order valence-corrected chi connectivity index (χ1v) is 7.01. The van der Waals surface area contributed by atoms with Gasteiger partial charge in [-0.3, -0.25) is 4.79 Å². The summed E-state index contributed by atoms with van der Waals surface area (Å²) in [5, 5.41) is 0.434. The topological polar surface area (TPSA) is 55.6 Å². The molecule has 1 amide bonds. The quantitative estimate of drug-likeness (QED) is 0.867. The number of benzene rings is 1. The Morgan fingerprint density at radius 3 is 2.58 bits per heavy atom. The minimum Gasteiger partial charge on any atom is -0.480 e. The molecule has 2 N–H and O–H groups in total. The van der Waals surface area contributed by atoms with Crippen LogP contribution in [0.5, 0.6) is 5.75 Å². The summed E-state index contributed by atoms with van der Waals surface area (Å²) in [6, 6.07) is 5.16. The molecule has 4 nitrogen and oxygen atoms in total. The number of para-hydroxylation sites is 1. The lowest BCUT2D eigenvalue weighted by molar-refractivity contribution is -0.133. The first kappa shape index (κ1) is 14.0. The van der Waals surface area contributed by atoms with Crippen LogP contribution in [0.4, 0.5) is 5.69 Å². The lowest BCUT2D eigenvalue weighted by Crippen LogP contribution is -2.35. The average Bonchev–Trinajstić information content (AvgIpc) is 2.66. The van der Waals surface area contributed by atoms with Gasteiger partial charge < -0.3 is 15.4 Å². The number of halogens is 1. The van der Waals surface area contributed by atoms with Crippen molar-refractivity contribution in [3.05, 3.63) is 23.2 Å². The van der Waals surface area contributed by atoms with E-state index in [0.717, 1.165) is 25.9 Å². The van der Waals surface area contributed by atoms with E-state index in [4.69, 9.17) is 22.1 Å². The number of anilines is 1. The first-order valence-electron chi connectivity index (χ1n) is 6.63. The van der Waals surface area contributed by atoms with Crippen molar-refractivity contribution in [2.24, 2.45) is 0 Å². The summed E-state index contributed by atoms with van der Waals surface area (Å²) >= 11 is 5.99. The van der Waals surface area contributed by atoms with E-state index in [-0.39, 0.29) is 12.5 Å². The first-order chi connectivity index (χ1) is 9.18. The summed E-state index contributed by atoms with van der Waals surface area (Å²) in [7, 11) is 0. The SMILES string of the molecule is Nc1cccc(Cl)c1OCC(=O)N1CCCCCC1. The van der Waals surface area contributed by atoms with Crippen LogP contribution < -0.4 is 10.5 Å². The van der Waals surface area contributed by atoms with Gasteiger partial charge in [-0.1, -0.05) is 30.5 Å². The second-order valence-corrected chi connectivity index (χ2v) is 5.15. The van der Waals surface area contributed by atoms with Crippen LogP contribution in [0, 0.1) is 0 Å². The van der Waals surface area contributed by atoms with E-state index in [0.29, 0.717) is 16.5 Å². The Balaban J connectivity index is 1.92. The highest BCUT2D eigenvalue weighted by atomic mass is 35.5. The number of hydrogen-bond acceptors (Lipinski definition) is 3. The summed E-state index contributed by atoms with van der Waals surface area (Å²) in [6.07, 6.45) is 4.53. The van der Waals surface area contributed by atoms with Crippen molar-refractivity contribution in [2.75, 3.05) is 25.4 Å². The molecule has 0 radical (unpaired) electrons. The summed E-state index contributed by atoms with van der Waals surface area (Å²) in [5.41, 5.74) is 6.23. The summed E-state index contributed by atoms with van der Waals surface area (Å²) in [5.74, 6) is 0.397. The summed E-state index contributed by atoms with van der Waals surface area (Å²) in [6.45, 7) is 1.63. The van der Waals surface area contributed by atoms with Crippen LogP contribution in [-0.2, 0) is 4.79 Å². The minimum absolute atomic E-state index is 0.00113. The second-order valence-electron chi connectivity index (χ2n) is 4.74. The average molecular weight is 283 g/mol. The Labute approximate surface area is 118 Å². The van der Waals surface area contributed by atoms with Crippen molar-refractivity contribution < 1.29 is 9.53 Å². The number of carbonyl (C=O) groups excluding carboxylic acids is 1. The predicted octanol–water partition coefficient (Wildman–Crippen LogP) is 2.70. The van der Waals surface area contributed by atoms with Gasteiger partial charge >= 0.3 is 0 Å². The van der Waals surface area contributed by atoms with Gasteiger partial charge in [0.15, 0.2) is 12.4 Å². The Kier molecular flexibility index (Phi) is 4.91. The van der Waals surface area contributed by atoms with E-state index in [9.17, 15) is 4.79 Å². The number of hydrogen-bond donors (Lipinski definition) is 1. The maximum Gasteiger partial charge on any atom is 0.260 e. The van der Waals surface area contributed by atoms with Crippen molar-refractivity contribution in [3.63, 3.8) is 0 Å². The monoisotopic (exact) mass is 282 g/mol. The zero-order valence-corrected chi connectivity index (χ0v) is 11.7. The van der Waals surface area contributed by atoms with Crippen molar-refractivity contribution in [1.29, 1.82) is 0 Å². The molecule has 1 saturated heterocycles. The molecule has 1 heterocycles. The zero-order valence-electron chi connectivity index (χ0n) is 10.9. The lowest BCUT2D eigenvalue weighted by atomic mass is 10.2. The highest BCUT2D eigenvalue weighted by molar-refractivity contribution is 6.32. The number of nitrogen functional groups attached to an aromatic ring is 1. The third-order valence-electron chi connectivity index (χ3n) is 3.30. The molecule has 0 aliphatic carbocycles. The van der Waals surface area contributed by atoms with Crippen molar-refractivity contribution in [2.45, 2.75) is 25.7 Å². The number of ether oxygens (including phenoxy) is 1. The predicted molar refractivity (Wildman–Crippen MR) is 76.4 cm³/mol. The van der Waals surface area contributed by atoms with Crippen molar-refractivity contribution >= 4 is 23.2 Å². The van der Waals surface area contributed by atoms with E-state index >= 15 is 0 Å². The molecule has 104 valence electrons. The largest absolute Gasteiger partial charge is 0.480 e. The van der Waals surface area contributed by atoms with Crippen LogP contribution >= 0.6 is 11.6 Å². The standard InChI is InChI=1S/C14H19ClN2O2/c15-11-6-5-7-12(16)14(11)19-10-13(18)17-8-3-1-2-4-9-17/h5-7H,1-4,8-10,16H2. The molecule has 1 aromatic carbocycles. The highest BCUT2D eigenvalue weighted by Crippen LogP contribution is 2.30. The molecule has 1 aliphatic heterocycles. The molecule has 0 unspecified atom stereocenters. The third-order valence-corrected chi connectivity index (χ3v) is 3.59. The van der Waals surface area contributed by atoms with Gasteiger partial charge in [0, 0.05) is 13.1 Å². The van der Waals surface area contributed by atoms with Gasteiger partial charge in [-0.05, 0) is 25.0 Å². The molecule has 19 heavy (non-hydrogen) atoms. The van der Waals surface area contributed by atoms with Crippen LogP contribution in [0.15, 0.2) is 18.2 Å². The van der Waals surface area contributed by atoms with Gasteiger partial charge in [0.25, 0.3) is 5.91 Å². The van der Waals surface area contributed by atoms with Crippen LogP contribution in [-0.4, -0.2) is 30.5 Å². The van der Waals surface area contributed by atoms with E-state index in [1.54, 1.807) is 18.2 Å². The fourth-order valence-corrected chi connectivity index (χ4v) is 2.46. The van der Waals surface area contributed by atoms with Crippen LogP contribution in [0.25, 0.3) is 0 Å². The summed E-state index contributed by atoms with van der Waals surface area (Å²) < 4.78 is 5.48. The van der Waals surface area contributed by atoms with E-state index in [1.807, 2.05) is 4.90 Å². The van der Waals surface area contributed by atoms with Gasteiger partial charge in [-0.15, -0.1) is 0 Å². The Hall–Kier alpha value is -1.42. The maximum absolute atomic E-state index is 12.1. The van der Waals surface area contributed by atoms with Gasteiger partial charge in [-0.25, -0.2) is 0 Å². The normalized spacial score (nSPS) is 15.9. The number of carbonyl (C=O) groups is 1. The molecule has 0 atom stereocenters. The molecule has 5 heteroatoms. The van der Waals surface area contributed by atoms with Crippen LogP contribution in [0.2, 0.25) is 5.02 Å². The maximum atomic E-state index is 12.1. The van der Waals surface area contributed by atoms with Crippen LogP contribution in [0.3, 0.4) is 0 Å². The number of nitrogens with zero attached hydrogens (tertiary/aromatic N) is 1. The number of amides is 1.